The number of hydrogen-bond donors (Lipinski definition) is 1. The lowest BCUT2D eigenvalue weighted by Crippen LogP contribution is -1.92. The number of nitrogens with zero attached hydrogens (tertiary/aromatic N) is 3. The highest BCUT2D eigenvalue weighted by Gasteiger charge is 2.18. The fourth-order valence-electron chi connectivity index (χ4n) is 7.03. The molecule has 0 aliphatic carbocycles. The van der Waals surface area contributed by atoms with E-state index in [2.05, 4.69) is 210 Å². The van der Waals surface area contributed by atoms with Crippen LogP contribution in [-0.2, 0) is 0 Å². The maximum absolute atomic E-state index is 5.28. The smallest absolute Gasteiger partial charge is 0.0731 e. The van der Waals surface area contributed by atoms with Crippen LogP contribution >= 0.6 is 0 Å². The molecule has 1 N–H and O–H groups in total. The zero-order chi connectivity index (χ0) is 37.5. The van der Waals surface area contributed by atoms with E-state index in [0.29, 0.717) is 0 Å². The van der Waals surface area contributed by atoms with E-state index in [0.717, 1.165) is 83.8 Å². The lowest BCUT2D eigenvalue weighted by molar-refractivity contribution is 1.25. The van der Waals surface area contributed by atoms with E-state index < -0.39 is 0 Å². The Morgan fingerprint density at radius 3 is 1.39 bits per heavy atom. The highest BCUT2D eigenvalue weighted by Crippen LogP contribution is 2.35. The van der Waals surface area contributed by atoms with E-state index in [1.807, 2.05) is 24.3 Å². The Labute approximate surface area is 326 Å². The van der Waals surface area contributed by atoms with Crippen LogP contribution in [0, 0.1) is 0 Å². The van der Waals surface area contributed by atoms with Crippen LogP contribution in [0.4, 0.5) is 0 Å². The summed E-state index contributed by atoms with van der Waals surface area (Å²) in [6.07, 6.45) is 26.0. The molecule has 0 saturated carbocycles. The molecule has 0 radical (unpaired) electrons. The van der Waals surface area contributed by atoms with E-state index in [1.54, 1.807) is 0 Å². The summed E-state index contributed by atoms with van der Waals surface area (Å²) in [6.45, 7) is 0. The predicted molar refractivity (Wildman–Crippen MR) is 240 cm³/mol. The minimum atomic E-state index is 0.864. The Kier molecular flexibility index (Phi) is 9.66. The predicted octanol–water partition coefficient (Wildman–Crippen LogP) is 13.3. The molecule has 0 unspecified atom stereocenters. The summed E-state index contributed by atoms with van der Waals surface area (Å²) in [4.78, 5) is 13.9. The van der Waals surface area contributed by atoms with Gasteiger partial charge in [-0.05, 0) is 83.0 Å². The largest absolute Gasteiger partial charge is 0.355 e. The Morgan fingerprint density at radius 1 is 0.393 bits per heavy atom. The maximum Gasteiger partial charge on any atom is 0.0731 e. The molecule has 56 heavy (non-hydrogen) atoms. The minimum Gasteiger partial charge on any atom is -0.355 e. The minimum absolute atomic E-state index is 0.864. The van der Waals surface area contributed by atoms with Crippen LogP contribution in [0.25, 0.3) is 95.1 Å². The molecular weight excluding hydrogens is 681 g/mol. The van der Waals surface area contributed by atoms with Crippen LogP contribution in [-0.4, -0.2) is 19.5 Å². The molecule has 9 rings (SSSR count). The Morgan fingerprint density at radius 2 is 0.839 bits per heavy atom. The second kappa shape index (κ2) is 15.8. The van der Waals surface area contributed by atoms with Gasteiger partial charge in [0.05, 0.1) is 33.8 Å². The molecule has 0 atom stereocenters. The van der Waals surface area contributed by atoms with Crippen molar-refractivity contribution in [2.45, 2.75) is 0 Å². The Bertz CT molecular complexity index is 2870. The van der Waals surface area contributed by atoms with Gasteiger partial charge in [-0.1, -0.05) is 158 Å². The number of hydrogen-bond acceptors (Lipinski definition) is 2. The number of nitrogens with one attached hydrogen (secondary N) is 1. The SMILES string of the molecule is C(=Cc1c(C=Cc2ccccc2)c2c(C=Cc3ccccc3)c3nc(cc4ccc(cc5nc(cc1n2C=Cc1ccccc1)C=C5)[nH]4)C=C3)c1ccccc1. The lowest BCUT2D eigenvalue weighted by Gasteiger charge is -2.06. The monoisotopic (exact) mass is 718 g/mol. The molecule has 4 heteroatoms. The van der Waals surface area contributed by atoms with E-state index in [9.17, 15) is 0 Å². The molecule has 0 amide bonds. The maximum atomic E-state index is 5.28. The average Bonchev–Trinajstić information content (AvgIpc) is 4.06. The van der Waals surface area contributed by atoms with Gasteiger partial charge in [-0.2, -0.15) is 0 Å². The normalized spacial score (nSPS) is 12.6. The third-order valence-corrected chi connectivity index (χ3v) is 9.76. The first kappa shape index (κ1) is 34.2. The summed E-state index contributed by atoms with van der Waals surface area (Å²) in [7, 11) is 0. The molecule has 3 aromatic heterocycles. The summed E-state index contributed by atoms with van der Waals surface area (Å²) in [6, 6.07) is 52.3. The van der Waals surface area contributed by atoms with Crippen molar-refractivity contribution in [1.29, 1.82) is 0 Å². The first-order valence-electron chi connectivity index (χ1n) is 18.8. The van der Waals surface area contributed by atoms with Crippen LogP contribution in [0.15, 0.2) is 152 Å². The van der Waals surface area contributed by atoms with Gasteiger partial charge in [0.15, 0.2) is 0 Å². The van der Waals surface area contributed by atoms with E-state index in [1.165, 1.54) is 0 Å². The molecule has 7 aromatic rings. The van der Waals surface area contributed by atoms with Crippen molar-refractivity contribution >= 4 is 95.1 Å². The zero-order valence-corrected chi connectivity index (χ0v) is 30.7. The van der Waals surface area contributed by atoms with Gasteiger partial charge >= 0.3 is 0 Å². The van der Waals surface area contributed by atoms with Gasteiger partial charge in [0, 0.05) is 33.9 Å². The molecule has 0 fully saturated rings. The number of H-pyrrole nitrogens is 1. The van der Waals surface area contributed by atoms with Crippen molar-refractivity contribution in [3.63, 3.8) is 0 Å². The number of aromatic nitrogens is 4. The second-order valence-electron chi connectivity index (χ2n) is 13.7. The zero-order valence-electron chi connectivity index (χ0n) is 30.7. The fraction of sp³-hybridized carbons (Fsp3) is 0. The summed E-state index contributed by atoms with van der Waals surface area (Å²) in [5.74, 6) is 0. The van der Waals surface area contributed by atoms with Gasteiger partial charge < -0.3 is 9.55 Å². The van der Waals surface area contributed by atoms with Crippen LogP contribution in [0.1, 0.15) is 61.7 Å². The molecule has 8 bridgehead atoms. The Balaban J connectivity index is 1.47. The van der Waals surface area contributed by atoms with E-state index in [4.69, 9.17) is 9.97 Å². The van der Waals surface area contributed by atoms with Gasteiger partial charge in [0.1, 0.15) is 0 Å². The number of rotatable bonds is 8. The van der Waals surface area contributed by atoms with Crippen molar-refractivity contribution in [2.75, 3.05) is 0 Å². The fourth-order valence-corrected chi connectivity index (χ4v) is 7.03. The Hall–Kier alpha value is -7.56. The molecule has 2 aliphatic heterocycles. The van der Waals surface area contributed by atoms with Crippen molar-refractivity contribution in [3.05, 3.63) is 213 Å². The first-order chi connectivity index (χ1) is 27.7. The lowest BCUT2D eigenvalue weighted by atomic mass is 10.0. The molecule has 0 spiro atoms. The molecular formula is C52H38N4. The molecule has 4 nitrogen and oxygen atoms in total. The third kappa shape index (κ3) is 7.72. The summed E-state index contributed by atoms with van der Waals surface area (Å²) >= 11 is 0. The highest BCUT2D eigenvalue weighted by molar-refractivity contribution is 6.02. The molecule has 0 saturated heterocycles. The summed E-state index contributed by atoms with van der Waals surface area (Å²) in [5.41, 5.74) is 15.0. The van der Waals surface area contributed by atoms with Gasteiger partial charge in [0.25, 0.3) is 0 Å². The van der Waals surface area contributed by atoms with Crippen molar-refractivity contribution < 1.29 is 0 Å². The molecule has 4 aromatic carbocycles. The second-order valence-corrected chi connectivity index (χ2v) is 13.7. The highest BCUT2D eigenvalue weighted by atomic mass is 15.0. The summed E-state index contributed by atoms with van der Waals surface area (Å²) < 4.78 is 2.31. The van der Waals surface area contributed by atoms with Crippen LogP contribution in [0.3, 0.4) is 0 Å². The van der Waals surface area contributed by atoms with Crippen LogP contribution in [0.2, 0.25) is 0 Å². The van der Waals surface area contributed by atoms with Gasteiger partial charge in [-0.3, -0.25) is 0 Å². The summed E-state index contributed by atoms with van der Waals surface area (Å²) in [5, 5.41) is 0. The molecule has 2 aliphatic rings. The average molecular weight is 719 g/mol. The number of fused-ring (bicyclic) bond motifs is 8. The number of benzene rings is 4. The third-order valence-electron chi connectivity index (χ3n) is 9.76. The molecule has 266 valence electrons. The quantitative estimate of drug-likeness (QED) is 0.170. The van der Waals surface area contributed by atoms with Gasteiger partial charge in [-0.25, -0.2) is 9.97 Å². The van der Waals surface area contributed by atoms with Crippen LogP contribution in [0.5, 0.6) is 0 Å². The van der Waals surface area contributed by atoms with E-state index in [-0.39, 0.29) is 0 Å². The van der Waals surface area contributed by atoms with Gasteiger partial charge in [-0.15, -0.1) is 0 Å². The topological polar surface area (TPSA) is 46.5 Å². The standard InChI is InChI=1S/C52H38N4/c1-5-13-38(14-6-1)21-29-47-48(30-22-39-15-7-2-8-16-39)52-49(31-23-40-17-9-3-10-18-40)50-32-28-45(55-50)36-44-25-24-42(53-44)35-43-26-27-46(54-43)37-51(47)56(52)34-33-41-19-11-4-12-20-41/h1-37,53H. The van der Waals surface area contributed by atoms with Crippen molar-refractivity contribution in [2.24, 2.45) is 0 Å². The molecule has 5 heterocycles. The van der Waals surface area contributed by atoms with Crippen molar-refractivity contribution in [1.82, 2.24) is 19.5 Å². The van der Waals surface area contributed by atoms with E-state index >= 15 is 0 Å². The van der Waals surface area contributed by atoms with Gasteiger partial charge in [0.2, 0.25) is 0 Å². The number of aromatic amines is 1. The van der Waals surface area contributed by atoms with Crippen LogP contribution < -0.4 is 0 Å². The van der Waals surface area contributed by atoms with Crippen molar-refractivity contribution in [3.8, 4) is 0 Å². The first-order valence-corrected chi connectivity index (χ1v) is 18.8.